The molecule has 168 valence electrons. The summed E-state index contributed by atoms with van der Waals surface area (Å²) in [6.07, 6.45) is 0.421. The largest absolute Gasteiger partial charge is 0.497 e. The first-order valence-corrected chi connectivity index (χ1v) is 11.4. The van der Waals surface area contributed by atoms with Gasteiger partial charge in [0, 0.05) is 65.7 Å². The molecule has 2 aliphatic rings. The zero-order valence-electron chi connectivity index (χ0n) is 18.4. The standard InChI is InChI=1S/C25H28ClN3O3/c1-3-22(31)29-15-25(13-28(14-25)11-16-4-6-17(26)7-5-16)23-19-9-8-18(32-2)10-20(19)27-24(23)21(29)12-30/h4-10,21,27,30H,3,11-15H2,1-2H3/t21-/m1/s1. The van der Waals surface area contributed by atoms with E-state index in [9.17, 15) is 9.90 Å². The summed E-state index contributed by atoms with van der Waals surface area (Å²) in [6, 6.07) is 13.7. The van der Waals surface area contributed by atoms with Crippen LogP contribution in [0.2, 0.25) is 5.02 Å². The highest BCUT2D eigenvalue weighted by atomic mass is 35.5. The van der Waals surface area contributed by atoms with Crippen LogP contribution in [-0.2, 0) is 16.8 Å². The van der Waals surface area contributed by atoms with Crippen LogP contribution < -0.4 is 4.74 Å². The van der Waals surface area contributed by atoms with Crippen LogP contribution in [-0.4, -0.2) is 59.1 Å². The summed E-state index contributed by atoms with van der Waals surface area (Å²) in [5.41, 5.74) is 4.23. The molecule has 1 atom stereocenters. The fourth-order valence-corrected chi connectivity index (χ4v) is 5.63. The van der Waals surface area contributed by atoms with Gasteiger partial charge in [0.1, 0.15) is 5.75 Å². The van der Waals surface area contributed by atoms with Gasteiger partial charge in [0.2, 0.25) is 5.91 Å². The molecule has 0 saturated carbocycles. The minimum Gasteiger partial charge on any atom is -0.497 e. The topological polar surface area (TPSA) is 68.8 Å². The Morgan fingerprint density at radius 2 is 1.97 bits per heavy atom. The van der Waals surface area contributed by atoms with Gasteiger partial charge in [-0.25, -0.2) is 0 Å². The Bertz CT molecular complexity index is 1150. The van der Waals surface area contributed by atoms with Crippen molar-refractivity contribution in [2.24, 2.45) is 0 Å². The SMILES string of the molecule is CCC(=O)N1CC2(CN(Cc3ccc(Cl)cc3)C2)c2c([nH]c3cc(OC)ccc23)[C@H]1CO. The predicted molar refractivity (Wildman–Crippen MR) is 125 cm³/mol. The average Bonchev–Trinajstić information content (AvgIpc) is 3.17. The van der Waals surface area contributed by atoms with Crippen LogP contribution in [0.4, 0.5) is 0 Å². The Hall–Kier alpha value is -2.54. The molecule has 6 nitrogen and oxygen atoms in total. The molecule has 1 saturated heterocycles. The normalized spacial score (nSPS) is 19.8. The Morgan fingerprint density at radius 3 is 2.62 bits per heavy atom. The molecule has 0 bridgehead atoms. The van der Waals surface area contributed by atoms with Crippen molar-refractivity contribution in [3.05, 3.63) is 64.3 Å². The number of aliphatic hydroxyl groups excluding tert-OH is 1. The van der Waals surface area contributed by atoms with Crippen LogP contribution in [0.1, 0.15) is 36.2 Å². The van der Waals surface area contributed by atoms with E-state index in [4.69, 9.17) is 16.3 Å². The summed E-state index contributed by atoms with van der Waals surface area (Å²) in [5, 5.41) is 12.1. The number of amides is 1. The maximum absolute atomic E-state index is 12.8. The van der Waals surface area contributed by atoms with Gasteiger partial charge >= 0.3 is 0 Å². The van der Waals surface area contributed by atoms with Crippen molar-refractivity contribution >= 4 is 28.4 Å². The van der Waals surface area contributed by atoms with Crippen molar-refractivity contribution in [2.45, 2.75) is 31.3 Å². The van der Waals surface area contributed by atoms with Gasteiger partial charge < -0.3 is 19.7 Å². The molecule has 1 amide bonds. The molecule has 7 heteroatoms. The lowest BCUT2D eigenvalue weighted by atomic mass is 9.68. The second-order valence-electron chi connectivity index (χ2n) is 8.95. The van der Waals surface area contributed by atoms with Crippen molar-refractivity contribution in [1.29, 1.82) is 0 Å². The highest BCUT2D eigenvalue weighted by Crippen LogP contribution is 2.49. The van der Waals surface area contributed by atoms with Crippen LogP contribution in [0.5, 0.6) is 5.75 Å². The number of nitrogens with zero attached hydrogens (tertiary/aromatic N) is 2. The molecule has 3 heterocycles. The molecule has 5 rings (SSSR count). The number of rotatable bonds is 5. The number of halogens is 1. The molecule has 2 N–H and O–H groups in total. The van der Waals surface area contributed by atoms with Crippen LogP contribution in [0, 0.1) is 0 Å². The highest BCUT2D eigenvalue weighted by molar-refractivity contribution is 6.30. The number of hydrogen-bond donors (Lipinski definition) is 2. The fraction of sp³-hybridized carbons (Fsp3) is 0.400. The number of aromatic amines is 1. The number of ether oxygens (including phenoxy) is 1. The number of nitrogens with one attached hydrogen (secondary N) is 1. The lowest BCUT2D eigenvalue weighted by Crippen LogP contribution is -2.66. The number of hydrogen-bond acceptors (Lipinski definition) is 4. The Kier molecular flexibility index (Phi) is 5.40. The molecule has 1 aromatic heterocycles. The van der Waals surface area contributed by atoms with Gasteiger partial charge in [0.15, 0.2) is 0 Å². The van der Waals surface area contributed by atoms with Crippen molar-refractivity contribution in [3.8, 4) is 5.75 Å². The fourth-order valence-electron chi connectivity index (χ4n) is 5.50. The molecule has 0 radical (unpaired) electrons. The molecular formula is C25H28ClN3O3. The van der Waals surface area contributed by atoms with E-state index in [1.165, 1.54) is 11.1 Å². The van der Waals surface area contributed by atoms with E-state index in [1.807, 2.05) is 36.1 Å². The second-order valence-corrected chi connectivity index (χ2v) is 9.39. The van der Waals surface area contributed by atoms with E-state index in [0.29, 0.717) is 13.0 Å². The third kappa shape index (κ3) is 3.38. The molecular weight excluding hydrogens is 426 g/mol. The molecule has 0 aliphatic carbocycles. The van der Waals surface area contributed by atoms with E-state index >= 15 is 0 Å². The number of carbonyl (C=O) groups excluding carboxylic acids is 1. The van der Waals surface area contributed by atoms with Gasteiger partial charge in [-0.15, -0.1) is 0 Å². The van der Waals surface area contributed by atoms with Crippen molar-refractivity contribution in [1.82, 2.24) is 14.8 Å². The van der Waals surface area contributed by atoms with Gasteiger partial charge in [-0.2, -0.15) is 0 Å². The Balaban J connectivity index is 1.54. The number of aromatic nitrogens is 1. The van der Waals surface area contributed by atoms with Gasteiger partial charge in [-0.05, 0) is 35.4 Å². The Labute approximate surface area is 192 Å². The van der Waals surface area contributed by atoms with Gasteiger partial charge in [0.25, 0.3) is 0 Å². The lowest BCUT2D eigenvalue weighted by molar-refractivity contribution is -0.138. The smallest absolute Gasteiger partial charge is 0.222 e. The van der Waals surface area contributed by atoms with E-state index in [0.717, 1.165) is 47.0 Å². The van der Waals surface area contributed by atoms with Crippen molar-refractivity contribution in [3.63, 3.8) is 0 Å². The third-order valence-electron chi connectivity index (χ3n) is 6.92. The summed E-state index contributed by atoms with van der Waals surface area (Å²) in [7, 11) is 1.66. The van der Waals surface area contributed by atoms with Crippen molar-refractivity contribution in [2.75, 3.05) is 33.4 Å². The molecule has 32 heavy (non-hydrogen) atoms. The first-order chi connectivity index (χ1) is 15.5. The lowest BCUT2D eigenvalue weighted by Gasteiger charge is -2.56. The maximum atomic E-state index is 12.8. The first-order valence-electron chi connectivity index (χ1n) is 11.0. The van der Waals surface area contributed by atoms with E-state index in [1.54, 1.807) is 7.11 Å². The molecule has 1 fully saturated rings. The monoisotopic (exact) mass is 453 g/mol. The first kappa shape index (κ1) is 21.3. The quantitative estimate of drug-likeness (QED) is 0.615. The summed E-state index contributed by atoms with van der Waals surface area (Å²) in [5.74, 6) is 0.853. The highest BCUT2D eigenvalue weighted by Gasteiger charge is 2.53. The number of benzene rings is 2. The second kappa shape index (κ2) is 8.10. The molecule has 1 spiro atoms. The summed E-state index contributed by atoms with van der Waals surface area (Å²) in [4.78, 5) is 20.7. The Morgan fingerprint density at radius 1 is 1.22 bits per heavy atom. The summed E-state index contributed by atoms with van der Waals surface area (Å²) >= 11 is 6.04. The molecule has 3 aromatic rings. The number of likely N-dealkylation sites (tertiary alicyclic amines) is 1. The van der Waals surface area contributed by atoms with Crippen LogP contribution in [0.15, 0.2) is 42.5 Å². The van der Waals surface area contributed by atoms with Crippen molar-refractivity contribution < 1.29 is 14.6 Å². The van der Waals surface area contributed by atoms with E-state index in [-0.39, 0.29) is 24.0 Å². The number of aliphatic hydroxyl groups is 1. The minimum atomic E-state index is -0.355. The molecule has 2 aromatic carbocycles. The molecule has 0 unspecified atom stereocenters. The average molecular weight is 454 g/mol. The van der Waals surface area contributed by atoms with Gasteiger partial charge in [-0.3, -0.25) is 9.69 Å². The van der Waals surface area contributed by atoms with Crippen LogP contribution in [0.3, 0.4) is 0 Å². The third-order valence-corrected chi connectivity index (χ3v) is 7.17. The van der Waals surface area contributed by atoms with E-state index in [2.05, 4.69) is 28.1 Å². The van der Waals surface area contributed by atoms with Crippen LogP contribution in [0.25, 0.3) is 10.9 Å². The summed E-state index contributed by atoms with van der Waals surface area (Å²) in [6.45, 7) is 4.94. The van der Waals surface area contributed by atoms with Gasteiger partial charge in [-0.1, -0.05) is 30.7 Å². The zero-order chi connectivity index (χ0) is 22.5. The summed E-state index contributed by atoms with van der Waals surface area (Å²) < 4.78 is 5.42. The number of fused-ring (bicyclic) bond motifs is 4. The molecule has 2 aliphatic heterocycles. The number of methoxy groups -OCH3 is 1. The minimum absolute atomic E-state index is 0.0708. The van der Waals surface area contributed by atoms with Gasteiger partial charge in [0.05, 0.1) is 19.8 Å². The maximum Gasteiger partial charge on any atom is 0.222 e. The van der Waals surface area contributed by atoms with E-state index < -0.39 is 0 Å². The number of H-pyrrole nitrogens is 1. The number of carbonyl (C=O) groups is 1. The predicted octanol–water partition coefficient (Wildman–Crippen LogP) is 3.87. The zero-order valence-corrected chi connectivity index (χ0v) is 19.2. The van der Waals surface area contributed by atoms with Crippen LogP contribution >= 0.6 is 11.6 Å².